The molecule has 0 atom stereocenters. The Balaban J connectivity index is 1.67. The quantitative estimate of drug-likeness (QED) is 0.692. The Morgan fingerprint density at radius 3 is 2.15 bits per heavy atom. The van der Waals surface area contributed by atoms with Crippen LogP contribution in [0.3, 0.4) is 0 Å². The van der Waals surface area contributed by atoms with Gasteiger partial charge in [0.1, 0.15) is 0 Å². The van der Waals surface area contributed by atoms with E-state index in [1.165, 1.54) is 12.7 Å². The number of amides is 1. The highest BCUT2D eigenvalue weighted by Gasteiger charge is 2.11. The molecule has 3 aromatic rings. The SMILES string of the molecule is COc1ccc(C(=O)Nc2ccc(Nc3ccc(C)cc3)nn2)cc1OC. The summed E-state index contributed by atoms with van der Waals surface area (Å²) in [5, 5.41) is 14.0. The van der Waals surface area contributed by atoms with Crippen molar-refractivity contribution >= 4 is 23.2 Å². The van der Waals surface area contributed by atoms with Gasteiger partial charge >= 0.3 is 0 Å². The Bertz CT molecular complexity index is 925. The number of hydrogen-bond acceptors (Lipinski definition) is 6. The average Bonchev–Trinajstić information content (AvgIpc) is 2.70. The molecule has 0 unspecified atom stereocenters. The molecule has 0 aliphatic carbocycles. The van der Waals surface area contributed by atoms with Gasteiger partial charge in [0.15, 0.2) is 23.1 Å². The number of aromatic nitrogens is 2. The van der Waals surface area contributed by atoms with Crippen LogP contribution in [0.2, 0.25) is 0 Å². The summed E-state index contributed by atoms with van der Waals surface area (Å²) in [7, 11) is 3.06. The number of anilines is 3. The Morgan fingerprint density at radius 2 is 1.52 bits per heavy atom. The van der Waals surface area contributed by atoms with Crippen molar-refractivity contribution in [3.63, 3.8) is 0 Å². The third kappa shape index (κ3) is 4.52. The number of rotatable bonds is 6. The number of hydrogen-bond donors (Lipinski definition) is 2. The lowest BCUT2D eigenvalue weighted by atomic mass is 10.2. The van der Waals surface area contributed by atoms with Crippen molar-refractivity contribution in [3.05, 3.63) is 65.7 Å². The van der Waals surface area contributed by atoms with Crippen LogP contribution in [0.1, 0.15) is 15.9 Å². The summed E-state index contributed by atoms with van der Waals surface area (Å²) in [6, 6.07) is 16.3. The van der Waals surface area contributed by atoms with Crippen LogP contribution in [-0.2, 0) is 0 Å². The third-order valence-electron chi connectivity index (χ3n) is 3.88. The van der Waals surface area contributed by atoms with Crippen molar-refractivity contribution in [2.45, 2.75) is 6.92 Å². The lowest BCUT2D eigenvalue weighted by molar-refractivity contribution is 0.102. The molecule has 1 aromatic heterocycles. The largest absolute Gasteiger partial charge is 0.493 e. The Kier molecular flexibility index (Phi) is 5.51. The number of benzene rings is 2. The summed E-state index contributed by atoms with van der Waals surface area (Å²) in [6.07, 6.45) is 0. The number of methoxy groups -OCH3 is 2. The number of carbonyl (C=O) groups is 1. The maximum absolute atomic E-state index is 12.4. The van der Waals surface area contributed by atoms with Gasteiger partial charge in [0.2, 0.25) is 0 Å². The molecular weight excluding hydrogens is 344 g/mol. The smallest absolute Gasteiger partial charge is 0.257 e. The summed E-state index contributed by atoms with van der Waals surface area (Å²) < 4.78 is 10.4. The fourth-order valence-electron chi connectivity index (χ4n) is 2.42. The Labute approximate surface area is 157 Å². The number of ether oxygens (including phenoxy) is 2. The number of nitrogens with one attached hydrogen (secondary N) is 2. The number of aryl methyl sites for hydroxylation is 1. The maximum Gasteiger partial charge on any atom is 0.257 e. The molecule has 0 bridgehead atoms. The van der Waals surface area contributed by atoms with Gasteiger partial charge in [-0.05, 0) is 49.4 Å². The average molecular weight is 364 g/mol. The summed E-state index contributed by atoms with van der Waals surface area (Å²) in [4.78, 5) is 12.4. The summed E-state index contributed by atoms with van der Waals surface area (Å²) in [6.45, 7) is 2.03. The first kappa shape index (κ1) is 18.2. The lowest BCUT2D eigenvalue weighted by Crippen LogP contribution is -2.13. The van der Waals surface area contributed by atoms with Gasteiger partial charge in [0, 0.05) is 11.3 Å². The normalized spacial score (nSPS) is 10.2. The van der Waals surface area contributed by atoms with Gasteiger partial charge in [0.05, 0.1) is 14.2 Å². The predicted molar refractivity (Wildman–Crippen MR) is 104 cm³/mol. The molecule has 27 heavy (non-hydrogen) atoms. The summed E-state index contributed by atoms with van der Waals surface area (Å²) in [5.74, 6) is 1.66. The first-order valence-corrected chi connectivity index (χ1v) is 8.30. The number of carbonyl (C=O) groups excluding carboxylic acids is 1. The van der Waals surface area contributed by atoms with E-state index < -0.39 is 0 Å². The van der Waals surface area contributed by atoms with Gasteiger partial charge in [-0.25, -0.2) is 0 Å². The maximum atomic E-state index is 12.4. The van der Waals surface area contributed by atoms with Crippen LogP contribution in [0.15, 0.2) is 54.6 Å². The molecule has 0 fully saturated rings. The van der Waals surface area contributed by atoms with E-state index in [0.717, 1.165) is 5.69 Å². The molecule has 0 spiro atoms. The van der Waals surface area contributed by atoms with Crippen molar-refractivity contribution in [3.8, 4) is 11.5 Å². The standard InChI is InChI=1S/C20H20N4O3/c1-13-4-7-15(8-5-13)21-18-10-11-19(24-23-18)22-20(25)14-6-9-16(26-2)17(12-14)27-3/h4-12H,1-3H3,(H,21,23)(H,22,24,25). The summed E-state index contributed by atoms with van der Waals surface area (Å²) in [5.41, 5.74) is 2.52. The molecule has 0 radical (unpaired) electrons. The van der Waals surface area contributed by atoms with E-state index in [-0.39, 0.29) is 5.91 Å². The lowest BCUT2D eigenvalue weighted by Gasteiger charge is -2.10. The van der Waals surface area contributed by atoms with Gasteiger partial charge in [-0.15, -0.1) is 10.2 Å². The second kappa shape index (κ2) is 8.18. The minimum Gasteiger partial charge on any atom is -0.493 e. The van der Waals surface area contributed by atoms with Crippen molar-refractivity contribution in [1.82, 2.24) is 10.2 Å². The predicted octanol–water partition coefficient (Wildman–Crippen LogP) is 3.80. The van der Waals surface area contributed by atoms with Crippen molar-refractivity contribution < 1.29 is 14.3 Å². The van der Waals surface area contributed by atoms with Gasteiger partial charge in [0.25, 0.3) is 5.91 Å². The first-order valence-electron chi connectivity index (χ1n) is 8.30. The van der Waals surface area contributed by atoms with E-state index >= 15 is 0 Å². The van der Waals surface area contributed by atoms with Crippen LogP contribution < -0.4 is 20.1 Å². The van der Waals surface area contributed by atoms with Crippen LogP contribution in [-0.4, -0.2) is 30.3 Å². The zero-order valence-corrected chi connectivity index (χ0v) is 15.3. The van der Waals surface area contributed by atoms with Gasteiger partial charge in [-0.2, -0.15) is 0 Å². The molecule has 0 saturated heterocycles. The molecular formula is C20H20N4O3. The van der Waals surface area contributed by atoms with Crippen LogP contribution in [0, 0.1) is 6.92 Å². The van der Waals surface area contributed by atoms with Gasteiger partial charge < -0.3 is 20.1 Å². The van der Waals surface area contributed by atoms with E-state index in [0.29, 0.717) is 28.7 Å². The molecule has 2 aromatic carbocycles. The molecule has 1 amide bonds. The number of nitrogens with zero attached hydrogens (tertiary/aromatic N) is 2. The molecule has 7 heteroatoms. The molecule has 0 saturated carbocycles. The molecule has 0 aliphatic heterocycles. The van der Waals surface area contributed by atoms with Crippen molar-refractivity contribution in [2.24, 2.45) is 0 Å². The molecule has 7 nitrogen and oxygen atoms in total. The molecule has 3 rings (SSSR count). The van der Waals surface area contributed by atoms with Gasteiger partial charge in [-0.3, -0.25) is 4.79 Å². The topological polar surface area (TPSA) is 85.4 Å². The minimum atomic E-state index is -0.315. The van der Waals surface area contributed by atoms with E-state index in [4.69, 9.17) is 9.47 Å². The minimum absolute atomic E-state index is 0.315. The van der Waals surface area contributed by atoms with E-state index in [1.807, 2.05) is 31.2 Å². The second-order valence-corrected chi connectivity index (χ2v) is 5.82. The van der Waals surface area contributed by atoms with Crippen molar-refractivity contribution in [2.75, 3.05) is 24.9 Å². The highest BCUT2D eigenvalue weighted by Crippen LogP contribution is 2.27. The second-order valence-electron chi connectivity index (χ2n) is 5.82. The highest BCUT2D eigenvalue weighted by atomic mass is 16.5. The molecule has 2 N–H and O–H groups in total. The van der Waals surface area contributed by atoms with Crippen LogP contribution in [0.25, 0.3) is 0 Å². The fourth-order valence-corrected chi connectivity index (χ4v) is 2.42. The zero-order chi connectivity index (χ0) is 19.2. The molecule has 1 heterocycles. The monoisotopic (exact) mass is 364 g/mol. The summed E-state index contributed by atoms with van der Waals surface area (Å²) >= 11 is 0. The molecule has 138 valence electrons. The van der Waals surface area contributed by atoms with E-state index in [1.54, 1.807) is 37.4 Å². The van der Waals surface area contributed by atoms with Crippen LogP contribution >= 0.6 is 0 Å². The first-order chi connectivity index (χ1) is 13.1. The Hall–Kier alpha value is -3.61. The Morgan fingerprint density at radius 1 is 0.852 bits per heavy atom. The van der Waals surface area contributed by atoms with Crippen molar-refractivity contribution in [1.29, 1.82) is 0 Å². The molecule has 0 aliphatic rings. The highest BCUT2D eigenvalue weighted by molar-refractivity contribution is 6.04. The van der Waals surface area contributed by atoms with E-state index in [2.05, 4.69) is 20.8 Å². The fraction of sp³-hybridized carbons (Fsp3) is 0.150. The van der Waals surface area contributed by atoms with Crippen LogP contribution in [0.4, 0.5) is 17.3 Å². The third-order valence-corrected chi connectivity index (χ3v) is 3.88. The van der Waals surface area contributed by atoms with Gasteiger partial charge in [-0.1, -0.05) is 17.7 Å². The van der Waals surface area contributed by atoms with Crippen LogP contribution in [0.5, 0.6) is 11.5 Å². The van der Waals surface area contributed by atoms with E-state index in [9.17, 15) is 4.79 Å². The zero-order valence-electron chi connectivity index (χ0n) is 15.3.